The van der Waals surface area contributed by atoms with Gasteiger partial charge in [0.15, 0.2) is 0 Å². The van der Waals surface area contributed by atoms with E-state index in [1.165, 1.54) is 24.3 Å². The number of carbonyl (C=O) groups excluding carboxylic acids is 1. The summed E-state index contributed by atoms with van der Waals surface area (Å²) in [6.07, 6.45) is 0. The molecule has 1 atom stereocenters. The van der Waals surface area contributed by atoms with Crippen molar-refractivity contribution >= 4 is 33.2 Å². The molecule has 2 aromatic rings. The number of hydrogen-bond donors (Lipinski definition) is 1. The lowest BCUT2D eigenvalue weighted by molar-refractivity contribution is -0.132. The molecular weight excluding hydrogens is 414 g/mol. The molecule has 1 aliphatic rings. The Balaban J connectivity index is 1.57. The molecule has 0 radical (unpaired) electrons. The van der Waals surface area contributed by atoms with Crippen LogP contribution in [0.5, 0.6) is 5.75 Å². The number of anilines is 1. The fraction of sp³-hybridized carbons (Fsp3) is 0.350. The number of benzene rings is 2. The molecule has 7 nitrogen and oxygen atoms in total. The Morgan fingerprint density at radius 2 is 1.62 bits per heavy atom. The van der Waals surface area contributed by atoms with E-state index in [9.17, 15) is 13.2 Å². The van der Waals surface area contributed by atoms with Gasteiger partial charge in [0.25, 0.3) is 0 Å². The molecule has 0 aromatic heterocycles. The SMILES string of the molecule is COc1ccc(N2CCN(C(=O)[C@H](C)NS(=O)(=O)c3ccc(Cl)cc3)CC2)cc1. The van der Waals surface area contributed by atoms with Crippen LogP contribution in [0.1, 0.15) is 6.92 Å². The number of carbonyl (C=O) groups is 1. The first kappa shape index (κ1) is 21.4. The highest BCUT2D eigenvalue weighted by Crippen LogP contribution is 2.21. The van der Waals surface area contributed by atoms with Crippen molar-refractivity contribution in [3.63, 3.8) is 0 Å². The van der Waals surface area contributed by atoms with Gasteiger partial charge in [0, 0.05) is 36.9 Å². The molecule has 1 saturated heterocycles. The second kappa shape index (κ2) is 9.02. The van der Waals surface area contributed by atoms with Crippen LogP contribution in [-0.4, -0.2) is 58.6 Å². The van der Waals surface area contributed by atoms with Gasteiger partial charge in [-0.1, -0.05) is 11.6 Å². The van der Waals surface area contributed by atoms with Gasteiger partial charge in [0.2, 0.25) is 15.9 Å². The molecule has 1 heterocycles. The molecule has 1 aliphatic heterocycles. The minimum atomic E-state index is -3.80. The lowest BCUT2D eigenvalue weighted by Crippen LogP contribution is -2.54. The van der Waals surface area contributed by atoms with E-state index in [-0.39, 0.29) is 10.8 Å². The molecule has 0 saturated carbocycles. The monoisotopic (exact) mass is 437 g/mol. The van der Waals surface area contributed by atoms with E-state index in [2.05, 4.69) is 9.62 Å². The summed E-state index contributed by atoms with van der Waals surface area (Å²) in [5.74, 6) is 0.557. The van der Waals surface area contributed by atoms with Crippen LogP contribution >= 0.6 is 11.6 Å². The topological polar surface area (TPSA) is 79.0 Å². The Hall–Kier alpha value is -2.29. The van der Waals surface area contributed by atoms with Crippen LogP contribution in [0.4, 0.5) is 5.69 Å². The molecular formula is C20H24ClN3O4S. The van der Waals surface area contributed by atoms with Gasteiger partial charge in [-0.05, 0) is 55.5 Å². The number of piperazine rings is 1. The minimum absolute atomic E-state index is 0.0749. The molecule has 156 valence electrons. The number of sulfonamides is 1. The van der Waals surface area contributed by atoms with Gasteiger partial charge in [-0.15, -0.1) is 0 Å². The zero-order chi connectivity index (χ0) is 21.0. The number of hydrogen-bond acceptors (Lipinski definition) is 5. The largest absolute Gasteiger partial charge is 0.497 e. The molecule has 1 fully saturated rings. The van der Waals surface area contributed by atoms with Gasteiger partial charge in [0.1, 0.15) is 5.75 Å². The van der Waals surface area contributed by atoms with Crippen LogP contribution in [0.3, 0.4) is 0 Å². The van der Waals surface area contributed by atoms with Crippen LogP contribution in [0, 0.1) is 0 Å². The van der Waals surface area contributed by atoms with Crippen LogP contribution < -0.4 is 14.4 Å². The number of amides is 1. The van der Waals surface area contributed by atoms with Crippen molar-refractivity contribution in [3.05, 3.63) is 53.6 Å². The normalized spacial score (nSPS) is 15.8. The van der Waals surface area contributed by atoms with Crippen molar-refractivity contribution < 1.29 is 17.9 Å². The highest BCUT2D eigenvalue weighted by atomic mass is 35.5. The molecule has 0 unspecified atom stereocenters. The standard InChI is InChI=1S/C20H24ClN3O4S/c1-15(22-29(26,27)19-9-3-16(21)4-10-19)20(25)24-13-11-23(12-14-24)17-5-7-18(28-2)8-6-17/h3-10,15,22H,11-14H2,1-2H3/t15-/m0/s1. The average molecular weight is 438 g/mol. The first-order chi connectivity index (χ1) is 13.8. The van der Waals surface area contributed by atoms with Crippen molar-refractivity contribution in [1.82, 2.24) is 9.62 Å². The van der Waals surface area contributed by atoms with Gasteiger partial charge in [-0.25, -0.2) is 8.42 Å². The van der Waals surface area contributed by atoms with E-state index in [0.717, 1.165) is 11.4 Å². The maximum atomic E-state index is 12.7. The Bertz CT molecular complexity index is 941. The first-order valence-corrected chi connectivity index (χ1v) is 11.1. The molecule has 2 aromatic carbocycles. The fourth-order valence-electron chi connectivity index (χ4n) is 3.22. The van der Waals surface area contributed by atoms with E-state index in [4.69, 9.17) is 16.3 Å². The summed E-state index contributed by atoms with van der Waals surface area (Å²) in [5, 5.41) is 0.447. The minimum Gasteiger partial charge on any atom is -0.497 e. The molecule has 0 bridgehead atoms. The quantitative estimate of drug-likeness (QED) is 0.750. The molecule has 9 heteroatoms. The summed E-state index contributed by atoms with van der Waals surface area (Å²) in [4.78, 5) is 16.7. The summed E-state index contributed by atoms with van der Waals surface area (Å²) >= 11 is 5.80. The van der Waals surface area contributed by atoms with Gasteiger partial charge in [-0.3, -0.25) is 4.79 Å². The van der Waals surface area contributed by atoms with Gasteiger partial charge >= 0.3 is 0 Å². The highest BCUT2D eigenvalue weighted by molar-refractivity contribution is 7.89. The number of nitrogens with zero attached hydrogens (tertiary/aromatic N) is 2. The number of halogens is 1. The summed E-state index contributed by atoms with van der Waals surface area (Å²) < 4.78 is 32.6. The highest BCUT2D eigenvalue weighted by Gasteiger charge is 2.28. The number of ether oxygens (including phenoxy) is 1. The summed E-state index contributed by atoms with van der Waals surface area (Å²) in [7, 11) is -2.17. The average Bonchev–Trinajstić information content (AvgIpc) is 2.73. The zero-order valence-electron chi connectivity index (χ0n) is 16.3. The van der Waals surface area contributed by atoms with Crippen molar-refractivity contribution in [2.45, 2.75) is 17.9 Å². The summed E-state index contributed by atoms with van der Waals surface area (Å²) in [6, 6.07) is 12.7. The molecule has 3 rings (SSSR count). The van der Waals surface area contributed by atoms with Gasteiger partial charge < -0.3 is 14.5 Å². The Morgan fingerprint density at radius 1 is 1.03 bits per heavy atom. The first-order valence-electron chi connectivity index (χ1n) is 9.26. The van der Waals surface area contributed by atoms with E-state index in [1.807, 2.05) is 24.3 Å². The summed E-state index contributed by atoms with van der Waals surface area (Å²) in [6.45, 7) is 3.96. The lowest BCUT2D eigenvalue weighted by atomic mass is 10.2. The predicted octanol–water partition coefficient (Wildman–Crippen LogP) is 2.36. The van der Waals surface area contributed by atoms with Crippen LogP contribution in [-0.2, 0) is 14.8 Å². The lowest BCUT2D eigenvalue weighted by Gasteiger charge is -2.37. The van der Waals surface area contributed by atoms with Gasteiger partial charge in [-0.2, -0.15) is 4.72 Å². The zero-order valence-corrected chi connectivity index (χ0v) is 17.9. The summed E-state index contributed by atoms with van der Waals surface area (Å²) in [5.41, 5.74) is 1.06. The maximum Gasteiger partial charge on any atom is 0.241 e. The number of methoxy groups -OCH3 is 1. The van der Waals surface area contributed by atoms with Crippen LogP contribution in [0.25, 0.3) is 0 Å². The van der Waals surface area contributed by atoms with Crippen molar-refractivity contribution in [2.24, 2.45) is 0 Å². The molecule has 0 aliphatic carbocycles. The van der Waals surface area contributed by atoms with Crippen molar-refractivity contribution in [3.8, 4) is 5.75 Å². The number of rotatable bonds is 6. The van der Waals surface area contributed by atoms with Gasteiger partial charge in [0.05, 0.1) is 18.0 Å². The molecule has 1 amide bonds. The van der Waals surface area contributed by atoms with Crippen molar-refractivity contribution in [1.29, 1.82) is 0 Å². The molecule has 1 N–H and O–H groups in total. The van der Waals surface area contributed by atoms with E-state index >= 15 is 0 Å². The second-order valence-electron chi connectivity index (χ2n) is 6.81. The Morgan fingerprint density at radius 3 is 2.17 bits per heavy atom. The molecule has 29 heavy (non-hydrogen) atoms. The predicted molar refractivity (Wildman–Crippen MR) is 113 cm³/mol. The van der Waals surface area contributed by atoms with E-state index in [1.54, 1.807) is 18.9 Å². The van der Waals surface area contributed by atoms with Crippen molar-refractivity contribution in [2.75, 3.05) is 38.2 Å². The third-order valence-electron chi connectivity index (χ3n) is 4.86. The number of nitrogens with one attached hydrogen (secondary N) is 1. The van der Waals surface area contributed by atoms with E-state index < -0.39 is 16.1 Å². The van der Waals surface area contributed by atoms with Crippen LogP contribution in [0.2, 0.25) is 5.02 Å². The van der Waals surface area contributed by atoms with E-state index in [0.29, 0.717) is 31.2 Å². The molecule has 0 spiro atoms. The second-order valence-corrected chi connectivity index (χ2v) is 8.96. The third-order valence-corrected chi connectivity index (χ3v) is 6.66. The Labute approximate surface area is 176 Å². The smallest absolute Gasteiger partial charge is 0.241 e. The third kappa shape index (κ3) is 5.20. The maximum absolute atomic E-state index is 12.7. The van der Waals surface area contributed by atoms with Crippen LogP contribution in [0.15, 0.2) is 53.4 Å². The Kier molecular flexibility index (Phi) is 6.66. The fourth-order valence-corrected chi connectivity index (χ4v) is 4.54.